The summed E-state index contributed by atoms with van der Waals surface area (Å²) in [6.45, 7) is 1.66. The first-order chi connectivity index (χ1) is 18.3. The van der Waals surface area contributed by atoms with Crippen molar-refractivity contribution in [2.24, 2.45) is 0 Å². The number of carbonyl (C=O) groups is 2. The third kappa shape index (κ3) is 6.46. The van der Waals surface area contributed by atoms with E-state index < -0.39 is 22.1 Å². The second-order valence-corrected chi connectivity index (χ2v) is 10.3. The van der Waals surface area contributed by atoms with Crippen molar-refractivity contribution in [1.82, 2.24) is 19.6 Å². The van der Waals surface area contributed by atoms with Crippen molar-refractivity contribution in [2.75, 3.05) is 7.11 Å². The second-order valence-electron chi connectivity index (χ2n) is 8.67. The first-order valence-electron chi connectivity index (χ1n) is 11.9. The lowest BCUT2D eigenvalue weighted by Gasteiger charge is -2.21. The number of hydrogen-bond acceptors (Lipinski definition) is 6. The third-order valence-corrected chi connectivity index (χ3v) is 7.44. The number of methoxy groups -OCH3 is 1. The van der Waals surface area contributed by atoms with E-state index in [1.54, 1.807) is 42.1 Å². The number of benzene rings is 3. The molecule has 1 aromatic heterocycles. The molecule has 1 atom stereocenters. The molecular formula is C28H28N4O5S. The summed E-state index contributed by atoms with van der Waals surface area (Å²) in [5.41, 5.74) is 2.93. The van der Waals surface area contributed by atoms with Crippen LogP contribution in [0.2, 0.25) is 0 Å². The van der Waals surface area contributed by atoms with E-state index in [1.165, 1.54) is 13.2 Å². The predicted octanol–water partition coefficient (Wildman–Crippen LogP) is 3.87. The quantitative estimate of drug-likeness (QED) is 0.316. The number of sulfonamides is 1. The Hall–Kier alpha value is -4.44. The molecule has 3 aromatic carbocycles. The van der Waals surface area contributed by atoms with E-state index in [9.17, 15) is 18.0 Å². The molecule has 4 rings (SSSR count). The fourth-order valence-electron chi connectivity index (χ4n) is 4.13. The van der Waals surface area contributed by atoms with Crippen molar-refractivity contribution in [3.8, 4) is 5.69 Å². The predicted molar refractivity (Wildman–Crippen MR) is 142 cm³/mol. The number of ether oxygens (including phenoxy) is 1. The van der Waals surface area contributed by atoms with Crippen LogP contribution in [0.4, 0.5) is 4.79 Å². The number of aromatic nitrogens is 2. The van der Waals surface area contributed by atoms with Crippen LogP contribution in [0.5, 0.6) is 0 Å². The topological polar surface area (TPSA) is 119 Å². The summed E-state index contributed by atoms with van der Waals surface area (Å²) in [5.74, 6) is 0.135. The van der Waals surface area contributed by atoms with Gasteiger partial charge in [-0.05, 0) is 48.2 Å². The zero-order chi connectivity index (χ0) is 27.1. The summed E-state index contributed by atoms with van der Waals surface area (Å²) in [4.78, 5) is 29.3. The fourth-order valence-corrected chi connectivity index (χ4v) is 5.29. The standard InChI is InChI=1S/C28H28N4O5S/c1-20-9-6-7-14-25(20)38(35,36)31-28(34)30-24(18-21-10-4-3-5-11-21)27-29-15-16-32(27)23-13-8-12-22(17-23)19-26(33)37-2/h3-17,24H,18-19H2,1-2H3,(H2,30,31,34)/t24-/m0/s1. The average molecular weight is 533 g/mol. The Labute approximate surface area is 221 Å². The van der Waals surface area contributed by atoms with Gasteiger partial charge < -0.3 is 14.6 Å². The largest absolute Gasteiger partial charge is 0.469 e. The highest BCUT2D eigenvalue weighted by molar-refractivity contribution is 7.90. The van der Waals surface area contributed by atoms with Gasteiger partial charge in [0.15, 0.2) is 0 Å². The van der Waals surface area contributed by atoms with Crippen LogP contribution in [0.25, 0.3) is 5.69 Å². The molecule has 0 aliphatic carbocycles. The summed E-state index contributed by atoms with van der Waals surface area (Å²) in [7, 11) is -2.75. The minimum atomic E-state index is -4.09. The molecule has 0 spiro atoms. The van der Waals surface area contributed by atoms with E-state index >= 15 is 0 Å². The zero-order valence-electron chi connectivity index (χ0n) is 21.0. The van der Waals surface area contributed by atoms with Gasteiger partial charge >= 0.3 is 12.0 Å². The number of rotatable bonds is 9. The van der Waals surface area contributed by atoms with Gasteiger partial charge in [0.2, 0.25) is 0 Å². The van der Waals surface area contributed by atoms with Gasteiger partial charge in [-0.15, -0.1) is 0 Å². The first kappa shape index (κ1) is 26.6. The van der Waals surface area contributed by atoms with Crippen molar-refractivity contribution < 1.29 is 22.7 Å². The van der Waals surface area contributed by atoms with Gasteiger partial charge in [0.05, 0.1) is 24.5 Å². The number of hydrogen-bond donors (Lipinski definition) is 2. The second kappa shape index (κ2) is 11.7. The van der Waals surface area contributed by atoms with Crippen LogP contribution in [0.1, 0.15) is 28.6 Å². The molecule has 4 aromatic rings. The SMILES string of the molecule is COC(=O)Cc1cccc(-n2ccnc2[C@H](Cc2ccccc2)NC(=O)NS(=O)(=O)c2ccccc2C)c1. The van der Waals surface area contributed by atoms with Crippen LogP contribution in [-0.4, -0.2) is 37.1 Å². The first-order valence-corrected chi connectivity index (χ1v) is 13.4. The summed E-state index contributed by atoms with van der Waals surface area (Å²) in [6, 6.07) is 21.7. The van der Waals surface area contributed by atoms with Crippen LogP contribution in [0.3, 0.4) is 0 Å². The molecule has 0 saturated heterocycles. The lowest BCUT2D eigenvalue weighted by Crippen LogP contribution is -2.42. The lowest BCUT2D eigenvalue weighted by atomic mass is 10.0. The molecule has 0 saturated carbocycles. The number of nitrogens with zero attached hydrogens (tertiary/aromatic N) is 2. The van der Waals surface area contributed by atoms with Crippen LogP contribution in [-0.2, 0) is 32.4 Å². The molecule has 1 heterocycles. The van der Waals surface area contributed by atoms with Crippen molar-refractivity contribution in [3.63, 3.8) is 0 Å². The van der Waals surface area contributed by atoms with Gasteiger partial charge in [-0.3, -0.25) is 4.79 Å². The van der Waals surface area contributed by atoms with Crippen molar-refractivity contribution in [2.45, 2.75) is 30.7 Å². The Morgan fingerprint density at radius 3 is 2.42 bits per heavy atom. The Kier molecular flexibility index (Phi) is 8.22. The number of urea groups is 1. The summed E-state index contributed by atoms with van der Waals surface area (Å²) in [5, 5.41) is 2.79. The Morgan fingerprint density at radius 1 is 0.974 bits per heavy atom. The summed E-state index contributed by atoms with van der Waals surface area (Å²) < 4.78 is 34.5. The number of aryl methyl sites for hydroxylation is 1. The van der Waals surface area contributed by atoms with Gasteiger partial charge in [0, 0.05) is 18.1 Å². The van der Waals surface area contributed by atoms with E-state index in [2.05, 4.69) is 15.0 Å². The van der Waals surface area contributed by atoms with Crippen molar-refractivity contribution >= 4 is 22.0 Å². The maximum Gasteiger partial charge on any atom is 0.329 e. The van der Waals surface area contributed by atoms with Crippen LogP contribution >= 0.6 is 0 Å². The molecule has 2 amide bonds. The van der Waals surface area contributed by atoms with E-state index in [0.717, 1.165) is 16.8 Å². The van der Waals surface area contributed by atoms with Gasteiger partial charge in [0.25, 0.3) is 10.0 Å². The molecule has 0 fully saturated rings. The lowest BCUT2D eigenvalue weighted by molar-refractivity contribution is -0.139. The normalized spacial score (nSPS) is 11.9. The molecule has 0 unspecified atom stereocenters. The molecule has 10 heteroatoms. The molecule has 0 radical (unpaired) electrons. The molecular weight excluding hydrogens is 504 g/mol. The van der Waals surface area contributed by atoms with Crippen LogP contribution in [0, 0.1) is 6.92 Å². The molecule has 38 heavy (non-hydrogen) atoms. The van der Waals surface area contributed by atoms with Crippen LogP contribution in [0.15, 0.2) is 96.2 Å². The van der Waals surface area contributed by atoms with E-state index in [-0.39, 0.29) is 17.3 Å². The highest BCUT2D eigenvalue weighted by atomic mass is 32.2. The Morgan fingerprint density at radius 2 is 1.68 bits per heavy atom. The van der Waals surface area contributed by atoms with Crippen molar-refractivity contribution in [3.05, 3.63) is 114 Å². The fraction of sp³-hybridized carbons (Fsp3) is 0.179. The number of esters is 1. The number of nitrogens with one attached hydrogen (secondary N) is 2. The van der Waals surface area contributed by atoms with Crippen LogP contribution < -0.4 is 10.0 Å². The van der Waals surface area contributed by atoms with E-state index in [1.807, 2.05) is 54.6 Å². The van der Waals surface area contributed by atoms with Gasteiger partial charge in [-0.2, -0.15) is 0 Å². The molecule has 196 valence electrons. The summed E-state index contributed by atoms with van der Waals surface area (Å²) >= 11 is 0. The molecule has 0 aliphatic heterocycles. The highest BCUT2D eigenvalue weighted by Crippen LogP contribution is 2.22. The smallest absolute Gasteiger partial charge is 0.329 e. The highest BCUT2D eigenvalue weighted by Gasteiger charge is 2.25. The van der Waals surface area contributed by atoms with Gasteiger partial charge in [-0.1, -0.05) is 60.7 Å². The minimum absolute atomic E-state index is 0.0266. The van der Waals surface area contributed by atoms with E-state index in [4.69, 9.17) is 4.74 Å². The summed E-state index contributed by atoms with van der Waals surface area (Å²) in [6.07, 6.45) is 3.81. The number of imidazole rings is 1. The zero-order valence-corrected chi connectivity index (χ0v) is 21.8. The maximum absolute atomic E-state index is 13.0. The molecule has 0 aliphatic rings. The van der Waals surface area contributed by atoms with Crippen molar-refractivity contribution in [1.29, 1.82) is 0 Å². The third-order valence-electron chi connectivity index (χ3n) is 5.94. The molecule has 0 bridgehead atoms. The van der Waals surface area contributed by atoms with E-state index in [0.29, 0.717) is 17.8 Å². The molecule has 9 nitrogen and oxygen atoms in total. The molecule has 2 N–H and O–H groups in total. The number of amides is 2. The monoisotopic (exact) mass is 532 g/mol. The Balaban J connectivity index is 1.64. The minimum Gasteiger partial charge on any atom is -0.469 e. The number of carbonyl (C=O) groups excluding carboxylic acids is 2. The average Bonchev–Trinajstić information content (AvgIpc) is 3.39. The Bertz CT molecular complexity index is 1530. The maximum atomic E-state index is 13.0. The van der Waals surface area contributed by atoms with Gasteiger partial charge in [0.1, 0.15) is 5.82 Å². The van der Waals surface area contributed by atoms with Gasteiger partial charge in [-0.25, -0.2) is 22.9 Å².